The SMILES string of the molecule is C=C(C)[C@@H](CSc1ccccc1)[C@@H](O)CO[Si](C)(C)C(C)(C)C. The molecule has 0 aliphatic rings. The summed E-state index contributed by atoms with van der Waals surface area (Å²) in [6.45, 7) is 17.5. The average molecular weight is 353 g/mol. The van der Waals surface area contributed by atoms with E-state index < -0.39 is 14.4 Å². The van der Waals surface area contributed by atoms with E-state index in [9.17, 15) is 5.11 Å². The van der Waals surface area contributed by atoms with Gasteiger partial charge in [0, 0.05) is 16.6 Å². The maximum atomic E-state index is 10.6. The minimum Gasteiger partial charge on any atom is -0.414 e. The lowest BCUT2D eigenvalue weighted by molar-refractivity contribution is 0.0711. The Kier molecular flexibility index (Phi) is 7.59. The Bertz CT molecular complexity index is 494. The van der Waals surface area contributed by atoms with Gasteiger partial charge in [0.05, 0.1) is 12.7 Å². The van der Waals surface area contributed by atoms with Crippen LogP contribution in [0.25, 0.3) is 0 Å². The second-order valence-electron chi connectivity index (χ2n) is 7.72. The zero-order chi connectivity index (χ0) is 17.7. The van der Waals surface area contributed by atoms with Gasteiger partial charge in [0.25, 0.3) is 0 Å². The van der Waals surface area contributed by atoms with Crippen molar-refractivity contribution in [1.29, 1.82) is 0 Å². The van der Waals surface area contributed by atoms with Crippen molar-refractivity contribution in [2.75, 3.05) is 12.4 Å². The van der Waals surface area contributed by atoms with E-state index in [1.165, 1.54) is 4.90 Å². The molecule has 0 aliphatic heterocycles. The number of thioether (sulfide) groups is 1. The zero-order valence-corrected chi connectivity index (χ0v) is 17.2. The van der Waals surface area contributed by atoms with E-state index in [1.807, 2.05) is 25.1 Å². The predicted molar refractivity (Wildman–Crippen MR) is 105 cm³/mol. The molecule has 0 saturated carbocycles. The Labute approximate surface area is 147 Å². The van der Waals surface area contributed by atoms with Crippen molar-refractivity contribution in [2.45, 2.75) is 56.8 Å². The summed E-state index contributed by atoms with van der Waals surface area (Å²) in [5.41, 5.74) is 1.01. The number of benzene rings is 1. The molecule has 0 spiro atoms. The Morgan fingerprint density at radius 1 is 1.26 bits per heavy atom. The maximum absolute atomic E-state index is 10.6. The first-order valence-electron chi connectivity index (χ1n) is 8.20. The number of hydrogen-bond donors (Lipinski definition) is 1. The Morgan fingerprint density at radius 2 is 1.83 bits per heavy atom. The lowest BCUT2D eigenvalue weighted by Gasteiger charge is -2.37. The van der Waals surface area contributed by atoms with Crippen LogP contribution in [0.4, 0.5) is 0 Å². The van der Waals surface area contributed by atoms with Gasteiger partial charge in [-0.1, -0.05) is 51.1 Å². The van der Waals surface area contributed by atoms with Gasteiger partial charge < -0.3 is 9.53 Å². The van der Waals surface area contributed by atoms with Gasteiger partial charge in [0.2, 0.25) is 0 Å². The quantitative estimate of drug-likeness (QED) is 0.388. The lowest BCUT2D eigenvalue weighted by atomic mass is 9.98. The molecule has 4 heteroatoms. The third-order valence-corrected chi connectivity index (χ3v) is 10.3. The molecule has 2 atom stereocenters. The minimum absolute atomic E-state index is 0.0463. The van der Waals surface area contributed by atoms with Gasteiger partial charge in [0.15, 0.2) is 8.32 Å². The van der Waals surface area contributed by atoms with E-state index in [4.69, 9.17) is 4.43 Å². The normalized spacial score (nSPS) is 15.3. The Hall–Kier alpha value is -0.553. The van der Waals surface area contributed by atoms with Crippen LogP contribution in [0.3, 0.4) is 0 Å². The summed E-state index contributed by atoms with van der Waals surface area (Å²) in [7, 11) is -1.83. The van der Waals surface area contributed by atoms with Gasteiger partial charge in [-0.2, -0.15) is 0 Å². The molecule has 2 nitrogen and oxygen atoms in total. The number of rotatable bonds is 8. The highest BCUT2D eigenvalue weighted by Crippen LogP contribution is 2.37. The molecule has 130 valence electrons. The lowest BCUT2D eigenvalue weighted by Crippen LogP contribution is -2.44. The van der Waals surface area contributed by atoms with Gasteiger partial charge in [-0.05, 0) is 37.2 Å². The molecule has 1 aromatic rings. The van der Waals surface area contributed by atoms with E-state index >= 15 is 0 Å². The van der Waals surface area contributed by atoms with Crippen LogP contribution in [0.1, 0.15) is 27.7 Å². The van der Waals surface area contributed by atoms with Gasteiger partial charge in [0.1, 0.15) is 0 Å². The molecule has 1 N–H and O–H groups in total. The second-order valence-corrected chi connectivity index (χ2v) is 13.6. The topological polar surface area (TPSA) is 29.5 Å². The number of aliphatic hydroxyl groups excluding tert-OH is 1. The first-order valence-corrected chi connectivity index (χ1v) is 12.1. The molecule has 0 unspecified atom stereocenters. The van der Waals surface area contributed by atoms with E-state index in [0.717, 1.165) is 11.3 Å². The molecular formula is C19H32O2SSi. The van der Waals surface area contributed by atoms with Gasteiger partial charge in [-0.3, -0.25) is 0 Å². The van der Waals surface area contributed by atoms with E-state index in [1.54, 1.807) is 11.8 Å². The van der Waals surface area contributed by atoms with Crippen LogP contribution in [-0.2, 0) is 4.43 Å². The Balaban J connectivity index is 2.61. The van der Waals surface area contributed by atoms with Gasteiger partial charge in [-0.15, -0.1) is 11.8 Å². The van der Waals surface area contributed by atoms with Crippen LogP contribution >= 0.6 is 11.8 Å². The molecule has 0 aromatic heterocycles. The van der Waals surface area contributed by atoms with Crippen molar-refractivity contribution in [1.82, 2.24) is 0 Å². The first-order chi connectivity index (χ1) is 10.5. The maximum Gasteiger partial charge on any atom is 0.192 e. The summed E-state index contributed by atoms with van der Waals surface area (Å²) in [5.74, 6) is 0.867. The molecule has 0 aliphatic carbocycles. The largest absolute Gasteiger partial charge is 0.414 e. The fourth-order valence-electron chi connectivity index (χ4n) is 1.91. The van der Waals surface area contributed by atoms with Crippen LogP contribution in [0.5, 0.6) is 0 Å². The van der Waals surface area contributed by atoms with Crippen LogP contribution < -0.4 is 0 Å². The fraction of sp³-hybridized carbons (Fsp3) is 0.579. The monoisotopic (exact) mass is 352 g/mol. The third-order valence-electron chi connectivity index (χ3n) is 4.69. The van der Waals surface area contributed by atoms with Crippen LogP contribution in [-0.4, -0.2) is 31.9 Å². The van der Waals surface area contributed by atoms with Crippen LogP contribution in [0.15, 0.2) is 47.4 Å². The fourth-order valence-corrected chi connectivity index (χ4v) is 4.16. The molecule has 0 amide bonds. The van der Waals surface area contributed by atoms with Crippen molar-refractivity contribution < 1.29 is 9.53 Å². The molecular weight excluding hydrogens is 320 g/mol. The highest BCUT2D eigenvalue weighted by molar-refractivity contribution is 7.99. The van der Waals surface area contributed by atoms with E-state index in [0.29, 0.717) is 6.61 Å². The third kappa shape index (κ3) is 6.46. The van der Waals surface area contributed by atoms with E-state index in [2.05, 4.69) is 52.6 Å². The molecule has 1 aromatic carbocycles. The standard InChI is InChI=1S/C19H32O2SSi/c1-15(2)17(14-22-16-11-9-8-10-12-16)18(20)13-21-23(6,7)19(3,4)5/h8-12,17-18,20H,1,13-14H2,2-7H3/t17-,18+/m1/s1. The molecule has 0 radical (unpaired) electrons. The summed E-state index contributed by atoms with van der Waals surface area (Å²) >= 11 is 1.76. The summed E-state index contributed by atoms with van der Waals surface area (Å²) in [6, 6.07) is 10.3. The second kappa shape index (κ2) is 8.52. The van der Waals surface area contributed by atoms with Crippen molar-refractivity contribution in [3.63, 3.8) is 0 Å². The minimum atomic E-state index is -1.83. The van der Waals surface area contributed by atoms with Gasteiger partial charge >= 0.3 is 0 Å². The van der Waals surface area contributed by atoms with Crippen molar-refractivity contribution >= 4 is 20.1 Å². The van der Waals surface area contributed by atoms with Crippen LogP contribution in [0, 0.1) is 5.92 Å². The van der Waals surface area contributed by atoms with Crippen molar-refractivity contribution in [2.24, 2.45) is 5.92 Å². The summed E-state index contributed by atoms with van der Waals surface area (Å²) in [4.78, 5) is 1.22. The first kappa shape index (κ1) is 20.5. The summed E-state index contributed by atoms with van der Waals surface area (Å²) < 4.78 is 6.18. The molecule has 0 heterocycles. The van der Waals surface area contributed by atoms with Crippen molar-refractivity contribution in [3.05, 3.63) is 42.5 Å². The summed E-state index contributed by atoms with van der Waals surface area (Å²) in [5, 5.41) is 10.8. The average Bonchev–Trinajstić information content (AvgIpc) is 2.45. The molecule has 0 saturated heterocycles. The number of hydrogen-bond acceptors (Lipinski definition) is 3. The van der Waals surface area contributed by atoms with Gasteiger partial charge in [-0.25, -0.2) is 0 Å². The molecule has 0 fully saturated rings. The number of aliphatic hydroxyl groups is 1. The molecule has 0 bridgehead atoms. The van der Waals surface area contributed by atoms with Crippen molar-refractivity contribution in [3.8, 4) is 0 Å². The van der Waals surface area contributed by atoms with E-state index in [-0.39, 0.29) is 11.0 Å². The smallest absolute Gasteiger partial charge is 0.192 e. The highest BCUT2D eigenvalue weighted by Gasteiger charge is 2.38. The van der Waals surface area contributed by atoms with Crippen LogP contribution in [0.2, 0.25) is 18.1 Å². The Morgan fingerprint density at radius 3 is 2.30 bits per heavy atom. The molecule has 23 heavy (non-hydrogen) atoms. The molecule has 1 rings (SSSR count). The predicted octanol–water partition coefficient (Wildman–Crippen LogP) is 5.35. The highest BCUT2D eigenvalue weighted by atomic mass is 32.2. The summed E-state index contributed by atoms with van der Waals surface area (Å²) in [6.07, 6.45) is -0.502. The zero-order valence-electron chi connectivity index (χ0n) is 15.4.